The summed E-state index contributed by atoms with van der Waals surface area (Å²) in [4.78, 5) is 2.13. The van der Waals surface area contributed by atoms with Crippen molar-refractivity contribution in [2.45, 2.75) is 25.2 Å². The lowest BCUT2D eigenvalue weighted by Gasteiger charge is -2.34. The first-order valence-electron chi connectivity index (χ1n) is 7.43. The fourth-order valence-corrected chi connectivity index (χ4v) is 4.01. The van der Waals surface area contributed by atoms with Crippen molar-refractivity contribution in [2.75, 3.05) is 32.7 Å². The second kappa shape index (κ2) is 7.35. The van der Waals surface area contributed by atoms with Crippen LogP contribution in [0.4, 0.5) is 0 Å². The van der Waals surface area contributed by atoms with Crippen LogP contribution in [0, 0.1) is 0 Å². The molecule has 0 bridgehead atoms. The lowest BCUT2D eigenvalue weighted by atomic mass is 10.2. The maximum absolute atomic E-state index is 12.4. The normalized spacial score (nSPS) is 19.5. The van der Waals surface area contributed by atoms with Gasteiger partial charge in [-0.2, -0.15) is 4.31 Å². The smallest absolute Gasteiger partial charge is 0.218 e. The van der Waals surface area contributed by atoms with Gasteiger partial charge in [-0.05, 0) is 12.0 Å². The van der Waals surface area contributed by atoms with Crippen LogP contribution >= 0.6 is 0 Å². The molecule has 0 amide bonds. The summed E-state index contributed by atoms with van der Waals surface area (Å²) >= 11 is 0. The van der Waals surface area contributed by atoms with Gasteiger partial charge < -0.3 is 5.11 Å². The molecule has 1 saturated heterocycles. The third-order valence-electron chi connectivity index (χ3n) is 3.86. The molecule has 0 spiro atoms. The molecule has 1 aliphatic heterocycles. The van der Waals surface area contributed by atoms with Gasteiger partial charge in [0.25, 0.3) is 0 Å². The van der Waals surface area contributed by atoms with E-state index in [4.69, 9.17) is 0 Å². The molecule has 2 rings (SSSR count). The van der Waals surface area contributed by atoms with Crippen LogP contribution in [-0.4, -0.2) is 61.6 Å². The Kier molecular flexibility index (Phi) is 5.75. The summed E-state index contributed by atoms with van der Waals surface area (Å²) in [7, 11) is -3.25. The molecule has 118 valence electrons. The van der Waals surface area contributed by atoms with Crippen molar-refractivity contribution in [2.24, 2.45) is 0 Å². The molecule has 1 aromatic carbocycles. The van der Waals surface area contributed by atoms with Gasteiger partial charge in [-0.25, -0.2) is 8.42 Å². The molecule has 0 saturated carbocycles. The summed E-state index contributed by atoms with van der Waals surface area (Å²) in [6.45, 7) is 4.96. The van der Waals surface area contributed by atoms with Gasteiger partial charge in [0.1, 0.15) is 0 Å². The molecular formula is C15H24N2O3S. The quantitative estimate of drug-likeness (QED) is 0.848. The van der Waals surface area contributed by atoms with E-state index in [2.05, 4.69) is 4.90 Å². The Bertz CT molecular complexity index is 525. The van der Waals surface area contributed by atoms with E-state index in [1.54, 1.807) is 4.31 Å². The monoisotopic (exact) mass is 312 g/mol. The van der Waals surface area contributed by atoms with E-state index in [0.717, 1.165) is 12.0 Å². The van der Waals surface area contributed by atoms with Crippen LogP contribution in [0.3, 0.4) is 0 Å². The van der Waals surface area contributed by atoms with Gasteiger partial charge in [-0.3, -0.25) is 4.90 Å². The lowest BCUT2D eigenvalue weighted by molar-refractivity contribution is 0.0896. The van der Waals surface area contributed by atoms with Crippen molar-refractivity contribution in [1.82, 2.24) is 9.21 Å². The third kappa shape index (κ3) is 4.78. The minimum absolute atomic E-state index is 0.0609. The van der Waals surface area contributed by atoms with Gasteiger partial charge in [-0.15, -0.1) is 0 Å². The molecule has 0 aliphatic carbocycles. The van der Waals surface area contributed by atoms with Crippen molar-refractivity contribution >= 4 is 10.0 Å². The number of hydrogen-bond donors (Lipinski definition) is 1. The van der Waals surface area contributed by atoms with Crippen molar-refractivity contribution in [3.8, 4) is 0 Å². The van der Waals surface area contributed by atoms with E-state index in [1.807, 2.05) is 37.3 Å². The Balaban J connectivity index is 1.89. The highest BCUT2D eigenvalue weighted by Gasteiger charge is 2.27. The fraction of sp³-hybridized carbons (Fsp3) is 0.600. The molecule has 1 N–H and O–H groups in total. The van der Waals surface area contributed by atoms with Crippen LogP contribution in [0.1, 0.15) is 18.9 Å². The molecule has 5 nitrogen and oxygen atoms in total. The average molecular weight is 312 g/mol. The second-order valence-corrected chi connectivity index (χ2v) is 7.47. The first-order chi connectivity index (χ1) is 10.0. The Morgan fingerprint density at radius 1 is 1.14 bits per heavy atom. The van der Waals surface area contributed by atoms with E-state index in [0.29, 0.717) is 32.7 Å². The molecule has 1 aliphatic rings. The molecule has 6 heteroatoms. The van der Waals surface area contributed by atoms with Gasteiger partial charge >= 0.3 is 0 Å². The molecular weight excluding hydrogens is 288 g/mol. The van der Waals surface area contributed by atoms with Gasteiger partial charge in [0, 0.05) is 32.7 Å². The highest BCUT2D eigenvalue weighted by molar-refractivity contribution is 7.88. The summed E-state index contributed by atoms with van der Waals surface area (Å²) in [5.41, 5.74) is 0.821. The number of hydrogen-bond acceptors (Lipinski definition) is 4. The highest BCUT2D eigenvalue weighted by atomic mass is 32.2. The van der Waals surface area contributed by atoms with Crippen LogP contribution in [-0.2, 0) is 15.8 Å². The number of aliphatic hydroxyl groups excluding tert-OH is 1. The summed E-state index contributed by atoms with van der Waals surface area (Å²) in [5, 5.41) is 9.66. The van der Waals surface area contributed by atoms with Crippen LogP contribution in [0.5, 0.6) is 0 Å². The van der Waals surface area contributed by atoms with Crippen molar-refractivity contribution in [3.05, 3.63) is 35.9 Å². The number of piperazine rings is 1. The fourth-order valence-electron chi connectivity index (χ4n) is 2.49. The molecule has 0 unspecified atom stereocenters. The summed E-state index contributed by atoms with van der Waals surface area (Å²) in [6, 6.07) is 9.27. The zero-order valence-electron chi connectivity index (χ0n) is 12.5. The SMILES string of the molecule is CC[C@@H](O)CN1CCN(S(=O)(=O)Cc2ccccc2)CC1. The topological polar surface area (TPSA) is 60.9 Å². The highest BCUT2D eigenvalue weighted by Crippen LogP contribution is 2.14. The van der Waals surface area contributed by atoms with E-state index < -0.39 is 10.0 Å². The second-order valence-electron chi connectivity index (χ2n) is 5.50. The molecule has 1 atom stereocenters. The minimum atomic E-state index is -3.25. The molecule has 21 heavy (non-hydrogen) atoms. The molecule has 1 heterocycles. The Morgan fingerprint density at radius 3 is 2.33 bits per heavy atom. The van der Waals surface area contributed by atoms with E-state index in [9.17, 15) is 13.5 Å². The van der Waals surface area contributed by atoms with Crippen LogP contribution in [0.15, 0.2) is 30.3 Å². The maximum atomic E-state index is 12.4. The first kappa shape index (κ1) is 16.4. The maximum Gasteiger partial charge on any atom is 0.218 e. The van der Waals surface area contributed by atoms with Crippen LogP contribution in [0.2, 0.25) is 0 Å². The van der Waals surface area contributed by atoms with Crippen LogP contribution in [0.25, 0.3) is 0 Å². The summed E-state index contributed by atoms with van der Waals surface area (Å²) < 4.78 is 26.4. The minimum Gasteiger partial charge on any atom is -0.392 e. The lowest BCUT2D eigenvalue weighted by Crippen LogP contribution is -2.50. The molecule has 1 aromatic rings. The zero-order valence-corrected chi connectivity index (χ0v) is 13.3. The third-order valence-corrected chi connectivity index (χ3v) is 5.71. The van der Waals surface area contributed by atoms with E-state index in [-0.39, 0.29) is 11.9 Å². The molecule has 0 radical (unpaired) electrons. The first-order valence-corrected chi connectivity index (χ1v) is 9.04. The predicted octanol–water partition coefficient (Wildman–Crippen LogP) is 0.905. The number of sulfonamides is 1. The van der Waals surface area contributed by atoms with Crippen LogP contribution < -0.4 is 0 Å². The van der Waals surface area contributed by atoms with Gasteiger partial charge in [-0.1, -0.05) is 37.3 Å². The van der Waals surface area contributed by atoms with E-state index >= 15 is 0 Å². The number of nitrogens with zero attached hydrogens (tertiary/aromatic N) is 2. The van der Waals surface area contributed by atoms with Crippen molar-refractivity contribution in [3.63, 3.8) is 0 Å². The van der Waals surface area contributed by atoms with Crippen molar-refractivity contribution in [1.29, 1.82) is 0 Å². The Labute approximate surface area is 127 Å². The summed E-state index contributed by atoms with van der Waals surface area (Å²) in [6.07, 6.45) is 0.407. The number of aliphatic hydroxyl groups is 1. The number of rotatable bonds is 6. The number of benzene rings is 1. The Morgan fingerprint density at radius 2 is 1.76 bits per heavy atom. The van der Waals surface area contributed by atoms with Gasteiger partial charge in [0.05, 0.1) is 11.9 Å². The summed E-state index contributed by atoms with van der Waals surface area (Å²) in [5.74, 6) is 0.0609. The van der Waals surface area contributed by atoms with E-state index in [1.165, 1.54) is 0 Å². The van der Waals surface area contributed by atoms with Gasteiger partial charge in [0.15, 0.2) is 0 Å². The average Bonchev–Trinajstić information content (AvgIpc) is 2.48. The Hall–Kier alpha value is -0.950. The van der Waals surface area contributed by atoms with Crippen molar-refractivity contribution < 1.29 is 13.5 Å². The zero-order chi connectivity index (χ0) is 15.3. The standard InChI is InChI=1S/C15H24N2O3S/c1-2-15(18)12-16-8-10-17(11-9-16)21(19,20)13-14-6-4-3-5-7-14/h3-7,15,18H,2,8-13H2,1H3/t15-/m1/s1. The van der Waals surface area contributed by atoms with Gasteiger partial charge in [0.2, 0.25) is 10.0 Å². The number of β-amino-alcohol motifs (C(OH)–C–C–N with tert-alkyl or cyclic N) is 1. The largest absolute Gasteiger partial charge is 0.392 e. The molecule has 0 aromatic heterocycles. The molecule has 1 fully saturated rings. The predicted molar refractivity (Wildman–Crippen MR) is 83.4 cm³/mol.